The van der Waals surface area contributed by atoms with Crippen molar-refractivity contribution in [2.24, 2.45) is 17.8 Å². The first-order valence-corrected chi connectivity index (χ1v) is 13.9. The fourth-order valence-corrected chi connectivity index (χ4v) is 4.88. The summed E-state index contributed by atoms with van der Waals surface area (Å²) in [6.07, 6.45) is 2.13. The Balaban J connectivity index is 1.83. The average molecular weight is 527 g/mol. The van der Waals surface area contributed by atoms with E-state index < -0.39 is 5.60 Å². The van der Waals surface area contributed by atoms with E-state index in [0.717, 1.165) is 36.2 Å². The SMILES string of the molecule is CC(C)Cc1cc(-c2nnc(C(=O)N3CCN(C(=O)OC(C)(C)C)C(CC(C)C)C3)cc2CC(C)C)n[nH]1. The number of H-pyrrole nitrogens is 1. The number of carbonyl (C=O) groups is 2. The number of piperazine rings is 1. The van der Waals surface area contributed by atoms with Crippen molar-refractivity contribution in [3.05, 3.63) is 29.1 Å². The molecule has 0 aromatic carbocycles. The van der Waals surface area contributed by atoms with Crippen molar-refractivity contribution >= 4 is 12.0 Å². The minimum Gasteiger partial charge on any atom is -0.444 e. The van der Waals surface area contributed by atoms with E-state index >= 15 is 0 Å². The Labute approximate surface area is 227 Å². The van der Waals surface area contributed by atoms with Crippen LogP contribution in [0, 0.1) is 17.8 Å². The number of amides is 2. The minimum absolute atomic E-state index is 0.117. The van der Waals surface area contributed by atoms with Gasteiger partial charge in [0.05, 0.1) is 6.04 Å². The predicted molar refractivity (Wildman–Crippen MR) is 149 cm³/mol. The largest absolute Gasteiger partial charge is 0.444 e. The molecule has 1 saturated heterocycles. The first kappa shape index (κ1) is 29.6. The van der Waals surface area contributed by atoms with Gasteiger partial charge in [0.25, 0.3) is 5.91 Å². The van der Waals surface area contributed by atoms with Gasteiger partial charge in [-0.2, -0.15) is 5.10 Å². The second-order valence-electron chi connectivity index (χ2n) is 12.8. The summed E-state index contributed by atoms with van der Waals surface area (Å²) in [5.41, 5.74) is 3.26. The lowest BCUT2D eigenvalue weighted by Crippen LogP contribution is -2.57. The molecule has 0 saturated carbocycles. The molecule has 0 bridgehead atoms. The van der Waals surface area contributed by atoms with Crippen LogP contribution in [0.3, 0.4) is 0 Å². The van der Waals surface area contributed by atoms with Gasteiger partial charge in [0.1, 0.15) is 17.0 Å². The van der Waals surface area contributed by atoms with Crippen LogP contribution in [0.25, 0.3) is 11.4 Å². The van der Waals surface area contributed by atoms with Crippen molar-refractivity contribution in [3.63, 3.8) is 0 Å². The number of hydrogen-bond donors (Lipinski definition) is 1. The minimum atomic E-state index is -0.569. The summed E-state index contributed by atoms with van der Waals surface area (Å²) < 4.78 is 5.65. The van der Waals surface area contributed by atoms with Crippen molar-refractivity contribution in [2.75, 3.05) is 19.6 Å². The molecular weight excluding hydrogens is 480 g/mol. The van der Waals surface area contributed by atoms with Crippen LogP contribution in [-0.4, -0.2) is 73.5 Å². The molecule has 3 rings (SSSR count). The molecule has 0 aliphatic carbocycles. The van der Waals surface area contributed by atoms with Crippen molar-refractivity contribution in [3.8, 4) is 11.4 Å². The third-order valence-corrected chi connectivity index (χ3v) is 6.36. The highest BCUT2D eigenvalue weighted by Gasteiger charge is 2.36. The molecule has 2 aromatic rings. The van der Waals surface area contributed by atoms with Gasteiger partial charge in [-0.1, -0.05) is 41.5 Å². The number of rotatable bonds is 8. The van der Waals surface area contributed by atoms with Gasteiger partial charge in [-0.3, -0.25) is 9.89 Å². The molecule has 1 aliphatic heterocycles. The quantitative estimate of drug-likeness (QED) is 0.496. The van der Waals surface area contributed by atoms with Crippen LogP contribution in [0.15, 0.2) is 12.1 Å². The molecule has 38 heavy (non-hydrogen) atoms. The number of aromatic nitrogens is 4. The van der Waals surface area contributed by atoms with Crippen LogP contribution < -0.4 is 0 Å². The van der Waals surface area contributed by atoms with Gasteiger partial charge in [-0.05, 0) is 75.5 Å². The maximum absolute atomic E-state index is 13.6. The summed E-state index contributed by atoms with van der Waals surface area (Å²) in [6.45, 7) is 19.8. The number of hydrogen-bond acceptors (Lipinski definition) is 6. The van der Waals surface area contributed by atoms with Crippen molar-refractivity contribution < 1.29 is 14.3 Å². The highest BCUT2D eigenvalue weighted by atomic mass is 16.6. The third-order valence-electron chi connectivity index (χ3n) is 6.36. The topological polar surface area (TPSA) is 104 Å². The van der Waals surface area contributed by atoms with E-state index in [0.29, 0.717) is 48.8 Å². The summed E-state index contributed by atoms with van der Waals surface area (Å²) in [5, 5.41) is 16.5. The fraction of sp³-hybridized carbons (Fsp3) is 0.690. The molecule has 3 heterocycles. The van der Waals surface area contributed by atoms with Gasteiger partial charge in [-0.15, -0.1) is 10.2 Å². The number of nitrogens with one attached hydrogen (secondary N) is 1. The standard InChI is InChI=1S/C29H46N6O3/c1-18(2)12-21-15-25(32-33-26(21)24-16-22(30-31-24)13-19(3)4)27(36)34-10-11-35(23(17-34)14-20(5)6)28(37)38-29(7,8)9/h15-16,18-20,23H,10-14,17H2,1-9H3,(H,30,31). The van der Waals surface area contributed by atoms with Crippen molar-refractivity contribution in [1.29, 1.82) is 0 Å². The Morgan fingerprint density at radius 3 is 2.29 bits per heavy atom. The molecule has 2 aromatic heterocycles. The van der Waals surface area contributed by atoms with E-state index in [-0.39, 0.29) is 18.0 Å². The van der Waals surface area contributed by atoms with Gasteiger partial charge in [-0.25, -0.2) is 4.79 Å². The maximum Gasteiger partial charge on any atom is 0.410 e. The van der Waals surface area contributed by atoms with Gasteiger partial charge in [0.15, 0.2) is 5.69 Å². The highest BCUT2D eigenvalue weighted by Crippen LogP contribution is 2.26. The Morgan fingerprint density at radius 2 is 1.68 bits per heavy atom. The lowest BCUT2D eigenvalue weighted by atomic mass is 9.98. The normalized spacial score (nSPS) is 16.6. The summed E-state index contributed by atoms with van der Waals surface area (Å²) in [6, 6.07) is 3.79. The van der Waals surface area contributed by atoms with E-state index in [9.17, 15) is 9.59 Å². The predicted octanol–water partition coefficient (Wildman–Crippen LogP) is 5.37. The number of ether oxygens (including phenoxy) is 1. The van der Waals surface area contributed by atoms with Crippen LogP contribution in [0.5, 0.6) is 0 Å². The summed E-state index contributed by atoms with van der Waals surface area (Å²) in [4.78, 5) is 30.1. The summed E-state index contributed by atoms with van der Waals surface area (Å²) >= 11 is 0. The molecule has 9 heteroatoms. The van der Waals surface area contributed by atoms with Gasteiger partial charge in [0.2, 0.25) is 0 Å². The van der Waals surface area contributed by atoms with Crippen LogP contribution in [0.4, 0.5) is 4.79 Å². The van der Waals surface area contributed by atoms with Crippen molar-refractivity contribution in [1.82, 2.24) is 30.2 Å². The third kappa shape index (κ3) is 8.01. The van der Waals surface area contributed by atoms with E-state index in [1.54, 1.807) is 9.80 Å². The second-order valence-corrected chi connectivity index (χ2v) is 12.8. The molecule has 210 valence electrons. The zero-order valence-electron chi connectivity index (χ0n) is 24.7. The first-order valence-electron chi connectivity index (χ1n) is 13.9. The van der Waals surface area contributed by atoms with Gasteiger partial charge in [0, 0.05) is 25.3 Å². The molecular formula is C29H46N6O3. The lowest BCUT2D eigenvalue weighted by Gasteiger charge is -2.42. The Hall–Kier alpha value is -2.97. The van der Waals surface area contributed by atoms with E-state index in [1.807, 2.05) is 32.9 Å². The first-order chi connectivity index (χ1) is 17.7. The van der Waals surface area contributed by atoms with E-state index in [2.05, 4.69) is 61.9 Å². The molecule has 1 unspecified atom stereocenters. The van der Waals surface area contributed by atoms with Crippen LogP contribution >= 0.6 is 0 Å². The van der Waals surface area contributed by atoms with Crippen LogP contribution in [0.2, 0.25) is 0 Å². The zero-order valence-corrected chi connectivity index (χ0v) is 24.7. The van der Waals surface area contributed by atoms with Crippen molar-refractivity contribution in [2.45, 2.75) is 93.2 Å². The molecule has 1 fully saturated rings. The van der Waals surface area contributed by atoms with Gasteiger partial charge >= 0.3 is 6.09 Å². The molecule has 0 radical (unpaired) electrons. The maximum atomic E-state index is 13.6. The molecule has 0 spiro atoms. The Morgan fingerprint density at radius 1 is 1.00 bits per heavy atom. The monoisotopic (exact) mass is 526 g/mol. The molecule has 1 atom stereocenters. The highest BCUT2D eigenvalue weighted by molar-refractivity contribution is 5.93. The smallest absolute Gasteiger partial charge is 0.410 e. The molecule has 1 N–H and O–H groups in total. The Bertz CT molecular complexity index is 1100. The fourth-order valence-electron chi connectivity index (χ4n) is 4.88. The van der Waals surface area contributed by atoms with E-state index in [1.165, 1.54) is 0 Å². The summed E-state index contributed by atoms with van der Waals surface area (Å²) in [5.74, 6) is 1.10. The lowest BCUT2D eigenvalue weighted by molar-refractivity contribution is -0.00368. The summed E-state index contributed by atoms with van der Waals surface area (Å²) in [7, 11) is 0. The number of aromatic amines is 1. The van der Waals surface area contributed by atoms with Crippen LogP contribution in [0.1, 0.15) is 90.5 Å². The van der Waals surface area contributed by atoms with E-state index in [4.69, 9.17) is 4.74 Å². The molecule has 2 amide bonds. The zero-order chi connectivity index (χ0) is 28.2. The van der Waals surface area contributed by atoms with Crippen LogP contribution in [-0.2, 0) is 17.6 Å². The Kier molecular flexibility index (Phi) is 9.54. The molecule has 1 aliphatic rings. The second kappa shape index (κ2) is 12.3. The number of carbonyl (C=O) groups excluding carboxylic acids is 2. The molecule has 9 nitrogen and oxygen atoms in total. The van der Waals surface area contributed by atoms with Gasteiger partial charge < -0.3 is 14.5 Å². The average Bonchev–Trinajstić information content (AvgIpc) is 3.24. The number of nitrogens with zero attached hydrogens (tertiary/aromatic N) is 5.